The first kappa shape index (κ1) is 22.4. The first-order valence-electron chi connectivity index (χ1n) is 11.2. The minimum atomic E-state index is -4.92. The lowest BCUT2D eigenvalue weighted by molar-refractivity contribution is -0.206. The van der Waals surface area contributed by atoms with Gasteiger partial charge in [0.05, 0.1) is 18.0 Å². The Kier molecular flexibility index (Phi) is 5.14. The number of aromatic amines is 1. The summed E-state index contributed by atoms with van der Waals surface area (Å²) in [6.45, 7) is 0. The summed E-state index contributed by atoms with van der Waals surface area (Å²) in [6.07, 6.45) is -2.32. The molecule has 2 atom stereocenters. The van der Waals surface area contributed by atoms with Crippen LogP contribution in [0.2, 0.25) is 0 Å². The second kappa shape index (κ2) is 8.26. The van der Waals surface area contributed by atoms with E-state index < -0.39 is 23.7 Å². The number of hydrogen-bond acceptors (Lipinski definition) is 6. The smallest absolute Gasteiger partial charge is 0.379 e. The Bertz CT molecular complexity index is 1590. The molecule has 8 nitrogen and oxygen atoms in total. The number of aryl methyl sites for hydroxylation is 1. The quantitative estimate of drug-likeness (QED) is 0.319. The van der Waals surface area contributed by atoms with E-state index in [2.05, 4.69) is 30.4 Å². The van der Waals surface area contributed by atoms with E-state index in [0.717, 1.165) is 52.4 Å². The van der Waals surface area contributed by atoms with Crippen LogP contribution in [0.15, 0.2) is 48.9 Å². The number of aliphatic hydroxyl groups excluding tert-OH is 1. The zero-order valence-electron chi connectivity index (χ0n) is 18.6. The van der Waals surface area contributed by atoms with Crippen LogP contribution in [0.25, 0.3) is 27.9 Å². The molecule has 0 bridgehead atoms. The molecule has 0 radical (unpaired) electrons. The molecule has 0 aliphatic heterocycles. The number of halogens is 4. The molecule has 1 aliphatic carbocycles. The zero-order valence-corrected chi connectivity index (χ0v) is 18.6. The molecule has 4 heterocycles. The largest absolute Gasteiger partial charge is 0.418 e. The lowest BCUT2D eigenvalue weighted by Gasteiger charge is -2.24. The first-order valence-corrected chi connectivity index (χ1v) is 11.2. The second-order valence-electron chi connectivity index (χ2n) is 8.75. The molecule has 6 rings (SSSR count). The van der Waals surface area contributed by atoms with Crippen molar-refractivity contribution in [1.29, 1.82) is 0 Å². The van der Waals surface area contributed by atoms with Crippen molar-refractivity contribution >= 4 is 22.5 Å². The molecule has 1 aliphatic rings. The molecule has 0 saturated carbocycles. The predicted octanol–water partition coefficient (Wildman–Crippen LogP) is 4.37. The van der Waals surface area contributed by atoms with Gasteiger partial charge in [-0.2, -0.15) is 27.8 Å². The van der Waals surface area contributed by atoms with E-state index in [1.165, 1.54) is 11.8 Å². The lowest BCUT2D eigenvalue weighted by Crippen LogP contribution is -2.29. The van der Waals surface area contributed by atoms with E-state index >= 15 is 0 Å². The van der Waals surface area contributed by atoms with E-state index in [0.29, 0.717) is 6.42 Å². The molecule has 3 N–H and O–H groups in total. The van der Waals surface area contributed by atoms with Crippen molar-refractivity contribution in [2.45, 2.75) is 37.6 Å². The summed E-state index contributed by atoms with van der Waals surface area (Å²) < 4.78 is 54.9. The van der Waals surface area contributed by atoms with Crippen molar-refractivity contribution < 1.29 is 22.7 Å². The van der Waals surface area contributed by atoms with Crippen molar-refractivity contribution in [2.24, 2.45) is 0 Å². The van der Waals surface area contributed by atoms with Gasteiger partial charge in [0.2, 0.25) is 5.95 Å². The van der Waals surface area contributed by atoms with Crippen molar-refractivity contribution in [2.75, 3.05) is 5.32 Å². The van der Waals surface area contributed by atoms with Crippen molar-refractivity contribution in [3.63, 3.8) is 0 Å². The van der Waals surface area contributed by atoms with Gasteiger partial charge in [0.1, 0.15) is 5.82 Å². The summed E-state index contributed by atoms with van der Waals surface area (Å²) in [7, 11) is 0. The van der Waals surface area contributed by atoms with E-state index in [9.17, 15) is 22.7 Å². The Morgan fingerprint density at radius 3 is 2.78 bits per heavy atom. The summed E-state index contributed by atoms with van der Waals surface area (Å²) in [5.41, 5.74) is 2.79. The molecule has 1 aromatic carbocycles. The fourth-order valence-electron chi connectivity index (χ4n) is 4.70. The Morgan fingerprint density at radius 2 is 1.97 bits per heavy atom. The van der Waals surface area contributed by atoms with Gasteiger partial charge in [0, 0.05) is 34.4 Å². The number of fused-ring (bicyclic) bond motifs is 4. The van der Waals surface area contributed by atoms with Gasteiger partial charge in [-0.15, -0.1) is 0 Å². The van der Waals surface area contributed by atoms with Crippen molar-refractivity contribution in [3.05, 3.63) is 71.6 Å². The number of nitrogens with one attached hydrogen (secondary N) is 2. The lowest BCUT2D eigenvalue weighted by atomic mass is 9.91. The van der Waals surface area contributed by atoms with E-state index in [-0.39, 0.29) is 29.0 Å². The first-order chi connectivity index (χ1) is 17.3. The molecule has 4 aromatic heterocycles. The van der Waals surface area contributed by atoms with Gasteiger partial charge in [-0.3, -0.25) is 4.98 Å². The average molecular weight is 497 g/mol. The number of benzene rings is 1. The fraction of sp³-hybridized carbons (Fsp3) is 0.250. The Morgan fingerprint density at radius 1 is 1.14 bits per heavy atom. The van der Waals surface area contributed by atoms with Gasteiger partial charge in [-0.05, 0) is 37.0 Å². The van der Waals surface area contributed by atoms with Crippen LogP contribution in [0.5, 0.6) is 0 Å². The van der Waals surface area contributed by atoms with E-state index in [1.807, 2.05) is 24.3 Å². The van der Waals surface area contributed by atoms with Crippen LogP contribution in [0.3, 0.4) is 0 Å². The molecule has 0 amide bonds. The monoisotopic (exact) mass is 497 g/mol. The van der Waals surface area contributed by atoms with E-state index in [1.54, 1.807) is 0 Å². The Balaban J connectivity index is 1.43. The van der Waals surface area contributed by atoms with Gasteiger partial charge in [-0.1, -0.05) is 18.2 Å². The molecule has 12 heteroatoms. The SMILES string of the molecule is OC(c1cnn2c(N[C@@H]3CCc4[nH]c5ccccc5c4C3)nc(-c3cncc(F)c3)nc12)C(F)(F)F. The van der Waals surface area contributed by atoms with Gasteiger partial charge >= 0.3 is 6.18 Å². The minimum Gasteiger partial charge on any atom is -0.379 e. The molecule has 1 unspecified atom stereocenters. The average Bonchev–Trinajstić information content (AvgIpc) is 3.44. The van der Waals surface area contributed by atoms with Crippen molar-refractivity contribution in [3.8, 4) is 11.4 Å². The number of rotatable bonds is 4. The molecule has 36 heavy (non-hydrogen) atoms. The summed E-state index contributed by atoms with van der Waals surface area (Å²) in [6, 6.07) is 9.03. The number of aromatic nitrogens is 6. The number of aliphatic hydroxyl groups is 1. The highest BCUT2D eigenvalue weighted by molar-refractivity contribution is 5.85. The highest BCUT2D eigenvalue weighted by Gasteiger charge is 2.41. The fourth-order valence-corrected chi connectivity index (χ4v) is 4.70. The number of pyridine rings is 1. The third-order valence-electron chi connectivity index (χ3n) is 6.39. The normalized spacial score (nSPS) is 16.9. The summed E-state index contributed by atoms with van der Waals surface area (Å²) >= 11 is 0. The van der Waals surface area contributed by atoms with Crippen LogP contribution in [0.4, 0.5) is 23.5 Å². The molecular weight excluding hydrogens is 478 g/mol. The summed E-state index contributed by atoms with van der Waals surface area (Å²) in [4.78, 5) is 15.9. The maximum atomic E-state index is 13.8. The molecular formula is C24H19F4N7O. The molecule has 0 fully saturated rings. The third kappa shape index (κ3) is 3.83. The maximum absolute atomic E-state index is 13.8. The number of para-hydroxylation sites is 1. The van der Waals surface area contributed by atoms with Gasteiger partial charge in [0.15, 0.2) is 17.6 Å². The maximum Gasteiger partial charge on any atom is 0.418 e. The topological polar surface area (TPSA) is 104 Å². The van der Waals surface area contributed by atoms with Crippen molar-refractivity contribution in [1.82, 2.24) is 29.5 Å². The van der Waals surface area contributed by atoms with Gasteiger partial charge in [0.25, 0.3) is 0 Å². The Labute approximate surface area is 201 Å². The second-order valence-corrected chi connectivity index (χ2v) is 8.75. The number of nitrogens with zero attached hydrogens (tertiary/aromatic N) is 5. The zero-order chi connectivity index (χ0) is 25.0. The molecule has 184 valence electrons. The molecule has 0 saturated heterocycles. The number of H-pyrrole nitrogens is 1. The highest BCUT2D eigenvalue weighted by Crippen LogP contribution is 2.35. The van der Waals surface area contributed by atoms with Crippen LogP contribution in [-0.2, 0) is 12.8 Å². The minimum absolute atomic E-state index is 0.0447. The highest BCUT2D eigenvalue weighted by atomic mass is 19.4. The van der Waals surface area contributed by atoms with Gasteiger partial charge < -0.3 is 15.4 Å². The molecule has 5 aromatic rings. The van der Waals surface area contributed by atoms with Crippen LogP contribution in [0.1, 0.15) is 29.3 Å². The van der Waals surface area contributed by atoms with Crippen LogP contribution < -0.4 is 5.32 Å². The number of alkyl halides is 3. The van der Waals surface area contributed by atoms with Crippen LogP contribution in [-0.4, -0.2) is 46.9 Å². The number of anilines is 1. The summed E-state index contributed by atoms with van der Waals surface area (Å²) in [5.74, 6) is -0.557. The number of hydrogen-bond donors (Lipinski definition) is 3. The van der Waals surface area contributed by atoms with Crippen LogP contribution >= 0.6 is 0 Å². The predicted molar refractivity (Wildman–Crippen MR) is 123 cm³/mol. The van der Waals surface area contributed by atoms with E-state index in [4.69, 9.17) is 0 Å². The molecule has 0 spiro atoms. The Hall–Kier alpha value is -4.06. The van der Waals surface area contributed by atoms with Crippen LogP contribution in [0, 0.1) is 5.82 Å². The standard InChI is InChI=1S/C24H19F4N7O/c25-13-7-12(9-29-10-13)21-33-22-17(20(36)24(26,27)28)11-30-35(22)23(34-21)31-14-5-6-19-16(8-14)15-3-1-2-4-18(15)32-19/h1-4,7,9-11,14,20,32,36H,5-6,8H2,(H,31,33,34)/t14-,20?/m1/s1. The van der Waals surface area contributed by atoms with Gasteiger partial charge in [-0.25, -0.2) is 9.37 Å². The third-order valence-corrected chi connectivity index (χ3v) is 6.39. The summed E-state index contributed by atoms with van der Waals surface area (Å²) in [5, 5.41) is 18.4.